The topological polar surface area (TPSA) is 104 Å². The first-order valence-electron chi connectivity index (χ1n) is 13.1. The number of nitrogens with zero attached hydrogens (tertiary/aromatic N) is 4. The van der Waals surface area contributed by atoms with Crippen molar-refractivity contribution >= 4 is 47.0 Å². The van der Waals surface area contributed by atoms with Crippen LogP contribution in [0, 0.1) is 0 Å². The summed E-state index contributed by atoms with van der Waals surface area (Å²) < 4.78 is 0. The fourth-order valence-electron chi connectivity index (χ4n) is 4.53. The maximum absolute atomic E-state index is 14.0. The number of hydrogen-bond donors (Lipinski definition) is 2. The van der Waals surface area contributed by atoms with Crippen molar-refractivity contribution in [2.24, 2.45) is 0 Å². The quantitative estimate of drug-likeness (QED) is 0.173. The molecule has 0 saturated heterocycles. The molecule has 0 bridgehead atoms. The highest BCUT2D eigenvalue weighted by atomic mass is 35.5. The van der Waals surface area contributed by atoms with E-state index in [9.17, 15) is 9.59 Å². The molecular weight excluding hydrogens is 571 g/mol. The van der Waals surface area contributed by atoms with Crippen LogP contribution >= 0.6 is 23.2 Å². The number of amides is 2. The van der Waals surface area contributed by atoms with Crippen LogP contribution in [0.1, 0.15) is 38.7 Å². The van der Waals surface area contributed by atoms with Crippen molar-refractivity contribution in [3.05, 3.63) is 147 Å². The minimum Gasteiger partial charge on any atom is -0.327 e. The summed E-state index contributed by atoms with van der Waals surface area (Å²) in [5, 5.41) is 16.7. The van der Waals surface area contributed by atoms with Crippen LogP contribution in [0.25, 0.3) is 6.08 Å². The standard InChI is InChI=1S/C32H26Cl2N6O2/c33-27-12-7-13-28(34)26(27)18-19-30(41)40(29(24-10-5-2-6-11-24)20-22-8-3-1-4-9-22)21-23-14-16-25(17-15-23)31(42)35-32-36-38-39-37-32/h1-19,29H,20-21H2,(H2,35,36,37,38,39,42)/b19-18+. The zero-order valence-corrected chi connectivity index (χ0v) is 23.8. The Bertz CT molecular complexity index is 1640. The molecule has 8 nitrogen and oxygen atoms in total. The number of anilines is 1. The van der Waals surface area contributed by atoms with Gasteiger partial charge < -0.3 is 4.90 Å². The van der Waals surface area contributed by atoms with Crippen molar-refractivity contribution in [3.63, 3.8) is 0 Å². The van der Waals surface area contributed by atoms with E-state index in [1.807, 2.05) is 65.6 Å². The first-order valence-corrected chi connectivity index (χ1v) is 13.9. The number of halogens is 2. The van der Waals surface area contributed by atoms with Crippen molar-refractivity contribution < 1.29 is 9.59 Å². The van der Waals surface area contributed by atoms with Gasteiger partial charge in [-0.15, -0.1) is 5.10 Å². The number of carbonyl (C=O) groups excluding carboxylic acids is 2. The van der Waals surface area contributed by atoms with Gasteiger partial charge in [0.15, 0.2) is 0 Å². The highest BCUT2D eigenvalue weighted by Crippen LogP contribution is 2.29. The van der Waals surface area contributed by atoms with E-state index in [2.05, 4.69) is 38.1 Å². The van der Waals surface area contributed by atoms with Crippen molar-refractivity contribution in [3.8, 4) is 0 Å². The number of nitrogens with one attached hydrogen (secondary N) is 2. The van der Waals surface area contributed by atoms with Gasteiger partial charge in [-0.05, 0) is 58.7 Å². The van der Waals surface area contributed by atoms with E-state index in [1.54, 1.807) is 36.4 Å². The summed E-state index contributed by atoms with van der Waals surface area (Å²) in [7, 11) is 0. The van der Waals surface area contributed by atoms with Crippen LogP contribution in [0.4, 0.5) is 5.95 Å². The Morgan fingerprint density at radius 2 is 1.50 bits per heavy atom. The summed E-state index contributed by atoms with van der Waals surface area (Å²) in [6.45, 7) is 0.290. The summed E-state index contributed by atoms with van der Waals surface area (Å²) in [6.07, 6.45) is 3.75. The third-order valence-electron chi connectivity index (χ3n) is 6.65. The highest BCUT2D eigenvalue weighted by Gasteiger charge is 2.25. The third kappa shape index (κ3) is 7.28. The Morgan fingerprint density at radius 3 is 2.14 bits per heavy atom. The normalized spacial score (nSPS) is 11.8. The maximum atomic E-state index is 14.0. The number of rotatable bonds is 10. The van der Waals surface area contributed by atoms with Crippen molar-refractivity contribution in [1.29, 1.82) is 0 Å². The molecule has 1 aromatic heterocycles. The molecule has 10 heteroatoms. The van der Waals surface area contributed by atoms with Gasteiger partial charge in [0, 0.05) is 33.8 Å². The van der Waals surface area contributed by atoms with Crippen LogP contribution < -0.4 is 5.32 Å². The van der Waals surface area contributed by atoms with Gasteiger partial charge in [-0.3, -0.25) is 14.9 Å². The van der Waals surface area contributed by atoms with Gasteiger partial charge in [0.1, 0.15) is 0 Å². The zero-order valence-electron chi connectivity index (χ0n) is 22.3. The Labute approximate surface area is 253 Å². The summed E-state index contributed by atoms with van der Waals surface area (Å²) >= 11 is 12.7. The monoisotopic (exact) mass is 596 g/mol. The van der Waals surface area contributed by atoms with Crippen molar-refractivity contribution in [2.45, 2.75) is 19.0 Å². The fraction of sp³-hybridized carbons (Fsp3) is 0.0938. The average molecular weight is 598 g/mol. The molecule has 0 aliphatic heterocycles. The van der Waals surface area contributed by atoms with Gasteiger partial charge in [0.25, 0.3) is 11.9 Å². The largest absolute Gasteiger partial charge is 0.327 e. The molecule has 1 heterocycles. The minimum absolute atomic E-state index is 0.0814. The first kappa shape index (κ1) is 28.7. The molecule has 4 aromatic carbocycles. The molecule has 0 saturated carbocycles. The Hall–Kier alpha value is -4.79. The minimum atomic E-state index is -0.373. The third-order valence-corrected chi connectivity index (χ3v) is 7.31. The Balaban J connectivity index is 1.47. The molecule has 0 aliphatic carbocycles. The molecule has 1 unspecified atom stereocenters. The summed E-state index contributed by atoms with van der Waals surface area (Å²) in [5.41, 5.74) is 3.92. The molecule has 2 amide bonds. The predicted octanol–water partition coefficient (Wildman–Crippen LogP) is 6.78. The van der Waals surface area contributed by atoms with Crippen LogP contribution in [0.3, 0.4) is 0 Å². The van der Waals surface area contributed by atoms with Crippen LogP contribution in [-0.4, -0.2) is 37.3 Å². The summed E-state index contributed by atoms with van der Waals surface area (Å²) in [5.74, 6) is -0.505. The molecule has 210 valence electrons. The molecule has 5 rings (SSSR count). The van der Waals surface area contributed by atoms with E-state index in [4.69, 9.17) is 23.2 Å². The molecule has 2 N–H and O–H groups in total. The van der Waals surface area contributed by atoms with E-state index >= 15 is 0 Å². The molecular formula is C32H26Cl2N6O2. The van der Waals surface area contributed by atoms with E-state index in [1.165, 1.54) is 6.08 Å². The average Bonchev–Trinajstić information content (AvgIpc) is 3.53. The van der Waals surface area contributed by atoms with Gasteiger partial charge in [0.05, 0.1) is 6.04 Å². The van der Waals surface area contributed by atoms with Gasteiger partial charge >= 0.3 is 0 Å². The fourth-order valence-corrected chi connectivity index (χ4v) is 5.05. The molecule has 1 atom stereocenters. The van der Waals surface area contributed by atoms with Crippen LogP contribution in [0.5, 0.6) is 0 Å². The zero-order chi connectivity index (χ0) is 29.3. The smallest absolute Gasteiger partial charge is 0.270 e. The number of tetrazole rings is 1. The van der Waals surface area contributed by atoms with Gasteiger partial charge in [0.2, 0.25) is 5.91 Å². The number of hydrogen-bond acceptors (Lipinski definition) is 5. The Morgan fingerprint density at radius 1 is 0.833 bits per heavy atom. The van der Waals surface area contributed by atoms with E-state index in [-0.39, 0.29) is 23.8 Å². The van der Waals surface area contributed by atoms with E-state index in [0.717, 1.165) is 16.7 Å². The molecule has 0 aliphatic rings. The number of benzene rings is 4. The number of aromatic amines is 1. The van der Waals surface area contributed by atoms with Crippen molar-refractivity contribution in [1.82, 2.24) is 25.5 Å². The second-order valence-electron chi connectivity index (χ2n) is 9.44. The number of aromatic nitrogens is 4. The Kier molecular flexibility index (Phi) is 9.38. The van der Waals surface area contributed by atoms with Crippen molar-refractivity contribution in [2.75, 3.05) is 5.32 Å². The van der Waals surface area contributed by atoms with Crippen LogP contribution in [-0.2, 0) is 17.8 Å². The predicted molar refractivity (Wildman–Crippen MR) is 164 cm³/mol. The van der Waals surface area contributed by atoms with Gasteiger partial charge in [-0.1, -0.05) is 107 Å². The lowest BCUT2D eigenvalue weighted by Gasteiger charge is -2.32. The second kappa shape index (κ2) is 13.7. The molecule has 0 radical (unpaired) electrons. The molecule has 5 aromatic rings. The highest BCUT2D eigenvalue weighted by molar-refractivity contribution is 6.37. The second-order valence-corrected chi connectivity index (χ2v) is 10.3. The summed E-state index contributed by atoms with van der Waals surface area (Å²) in [4.78, 5) is 28.4. The SMILES string of the molecule is O=C(Nc1nn[nH]n1)c1ccc(CN(C(=O)/C=C/c2c(Cl)cccc2Cl)C(Cc2ccccc2)c2ccccc2)cc1. The lowest BCUT2D eigenvalue weighted by atomic mass is 9.96. The van der Waals surface area contributed by atoms with E-state index < -0.39 is 0 Å². The maximum Gasteiger partial charge on any atom is 0.270 e. The number of carbonyl (C=O) groups is 2. The lowest BCUT2D eigenvalue weighted by Crippen LogP contribution is -2.34. The van der Waals surface area contributed by atoms with Gasteiger partial charge in [-0.2, -0.15) is 5.21 Å². The molecule has 0 fully saturated rings. The van der Waals surface area contributed by atoms with Gasteiger partial charge in [-0.25, -0.2) is 0 Å². The first-order chi connectivity index (χ1) is 20.5. The number of H-pyrrole nitrogens is 1. The molecule has 42 heavy (non-hydrogen) atoms. The lowest BCUT2D eigenvalue weighted by molar-refractivity contribution is -0.129. The van der Waals surface area contributed by atoms with Crippen LogP contribution in [0.2, 0.25) is 10.0 Å². The summed E-state index contributed by atoms with van der Waals surface area (Å²) in [6, 6.07) is 31.9. The molecule has 0 spiro atoms. The van der Waals surface area contributed by atoms with Crippen LogP contribution in [0.15, 0.2) is 109 Å². The van der Waals surface area contributed by atoms with E-state index in [0.29, 0.717) is 34.1 Å².